The fraction of sp³-hybridized carbons (Fsp3) is 0.600. The largest absolute Gasteiger partial charge is 0.481 e. The van der Waals surface area contributed by atoms with Crippen molar-refractivity contribution in [3.63, 3.8) is 0 Å². The lowest BCUT2D eigenvalue weighted by molar-refractivity contribution is 0.0628. The summed E-state index contributed by atoms with van der Waals surface area (Å²) in [4.78, 5) is 18.4. The van der Waals surface area contributed by atoms with Crippen LogP contribution in [0.25, 0.3) is 0 Å². The molecule has 0 spiro atoms. The zero-order valence-electron chi connectivity index (χ0n) is 11.9. The second-order valence-electron chi connectivity index (χ2n) is 5.33. The Morgan fingerprint density at radius 3 is 2.68 bits per heavy atom. The maximum Gasteiger partial charge on any atom is 0.255 e. The molecule has 19 heavy (non-hydrogen) atoms. The van der Waals surface area contributed by atoms with E-state index in [4.69, 9.17) is 4.74 Å². The molecule has 4 nitrogen and oxygen atoms in total. The van der Waals surface area contributed by atoms with E-state index in [2.05, 4.69) is 11.9 Å². The van der Waals surface area contributed by atoms with Gasteiger partial charge in [-0.3, -0.25) is 4.79 Å². The van der Waals surface area contributed by atoms with Gasteiger partial charge < -0.3 is 9.64 Å². The van der Waals surface area contributed by atoms with Crippen molar-refractivity contribution in [3.05, 3.63) is 23.9 Å². The number of carbonyl (C=O) groups is 1. The third-order valence-corrected chi connectivity index (χ3v) is 4.08. The second-order valence-corrected chi connectivity index (χ2v) is 5.33. The molecule has 2 atom stereocenters. The van der Waals surface area contributed by atoms with Crippen molar-refractivity contribution in [1.82, 2.24) is 9.88 Å². The van der Waals surface area contributed by atoms with Crippen LogP contribution in [0.15, 0.2) is 18.3 Å². The second kappa shape index (κ2) is 6.04. The van der Waals surface area contributed by atoms with Gasteiger partial charge in [-0.05, 0) is 24.8 Å². The van der Waals surface area contributed by atoms with Crippen LogP contribution in [0.5, 0.6) is 5.88 Å². The first-order valence-electron chi connectivity index (χ1n) is 6.90. The van der Waals surface area contributed by atoms with Gasteiger partial charge in [-0.2, -0.15) is 0 Å². The number of amides is 1. The zero-order valence-corrected chi connectivity index (χ0v) is 11.9. The number of aromatic nitrogens is 1. The van der Waals surface area contributed by atoms with Crippen LogP contribution in [-0.2, 0) is 0 Å². The molecule has 0 aromatic carbocycles. The molecule has 1 heterocycles. The van der Waals surface area contributed by atoms with Crippen LogP contribution >= 0.6 is 0 Å². The first-order valence-corrected chi connectivity index (χ1v) is 6.90. The molecular formula is C15H22N2O2. The summed E-state index contributed by atoms with van der Waals surface area (Å²) in [5, 5.41) is 0. The number of hydrogen-bond acceptors (Lipinski definition) is 3. The molecule has 1 amide bonds. The van der Waals surface area contributed by atoms with Gasteiger partial charge in [0.05, 0.1) is 12.7 Å². The number of nitrogens with zero attached hydrogens (tertiary/aromatic N) is 2. The van der Waals surface area contributed by atoms with Gasteiger partial charge in [0.2, 0.25) is 5.88 Å². The molecule has 0 N–H and O–H groups in total. The topological polar surface area (TPSA) is 42.4 Å². The predicted molar refractivity (Wildman–Crippen MR) is 74.3 cm³/mol. The van der Waals surface area contributed by atoms with Gasteiger partial charge in [-0.1, -0.05) is 19.8 Å². The molecule has 1 fully saturated rings. The van der Waals surface area contributed by atoms with Crippen molar-refractivity contribution in [1.29, 1.82) is 0 Å². The van der Waals surface area contributed by atoms with Gasteiger partial charge in [0.15, 0.2) is 0 Å². The van der Waals surface area contributed by atoms with E-state index < -0.39 is 0 Å². The fourth-order valence-electron chi connectivity index (χ4n) is 2.85. The lowest BCUT2D eigenvalue weighted by Crippen LogP contribution is -2.42. The Labute approximate surface area is 114 Å². The van der Waals surface area contributed by atoms with Crippen molar-refractivity contribution < 1.29 is 9.53 Å². The van der Waals surface area contributed by atoms with E-state index in [9.17, 15) is 4.79 Å². The van der Waals surface area contributed by atoms with E-state index in [1.54, 1.807) is 25.4 Å². The molecule has 104 valence electrons. The lowest BCUT2D eigenvalue weighted by Gasteiger charge is -2.36. The summed E-state index contributed by atoms with van der Waals surface area (Å²) >= 11 is 0. The quantitative estimate of drug-likeness (QED) is 0.841. The summed E-state index contributed by atoms with van der Waals surface area (Å²) in [5.41, 5.74) is 0.626. The molecule has 1 saturated carbocycles. The maximum atomic E-state index is 12.4. The van der Waals surface area contributed by atoms with E-state index in [0.717, 1.165) is 6.42 Å². The molecule has 1 aliphatic rings. The third kappa shape index (κ3) is 3.06. The Morgan fingerprint density at radius 2 is 2.11 bits per heavy atom. The summed E-state index contributed by atoms with van der Waals surface area (Å²) in [5.74, 6) is 1.16. The standard InChI is InChI=1S/C15H22N2O2/c1-11-6-4-5-7-13(11)17(2)15(18)12-8-9-14(19-3)16-10-12/h8-11,13H,4-7H2,1-3H3. The first-order chi connectivity index (χ1) is 9.13. The summed E-state index contributed by atoms with van der Waals surface area (Å²) < 4.78 is 5.01. The molecule has 0 radical (unpaired) electrons. The van der Waals surface area contributed by atoms with Crippen molar-refractivity contribution in [3.8, 4) is 5.88 Å². The normalized spacial score (nSPS) is 22.9. The van der Waals surface area contributed by atoms with Gasteiger partial charge in [-0.25, -0.2) is 4.98 Å². The predicted octanol–water partition coefficient (Wildman–Crippen LogP) is 2.74. The Morgan fingerprint density at radius 1 is 1.37 bits per heavy atom. The highest BCUT2D eigenvalue weighted by atomic mass is 16.5. The van der Waals surface area contributed by atoms with Crippen LogP contribution in [0.4, 0.5) is 0 Å². The van der Waals surface area contributed by atoms with Gasteiger partial charge in [-0.15, -0.1) is 0 Å². The van der Waals surface area contributed by atoms with Crippen molar-refractivity contribution in [2.45, 2.75) is 38.6 Å². The highest BCUT2D eigenvalue weighted by Crippen LogP contribution is 2.28. The summed E-state index contributed by atoms with van der Waals surface area (Å²) in [6.45, 7) is 2.24. The van der Waals surface area contributed by atoms with Crippen LogP contribution in [0.3, 0.4) is 0 Å². The minimum absolute atomic E-state index is 0.0499. The Balaban J connectivity index is 2.08. The van der Waals surface area contributed by atoms with Crippen molar-refractivity contribution >= 4 is 5.91 Å². The van der Waals surface area contributed by atoms with E-state index in [-0.39, 0.29) is 5.91 Å². The smallest absolute Gasteiger partial charge is 0.255 e. The summed E-state index contributed by atoms with van der Waals surface area (Å²) in [7, 11) is 3.47. The van der Waals surface area contributed by atoms with E-state index >= 15 is 0 Å². The molecule has 1 aromatic rings. The molecule has 4 heteroatoms. The van der Waals surface area contributed by atoms with E-state index in [0.29, 0.717) is 23.4 Å². The molecule has 0 bridgehead atoms. The average Bonchev–Trinajstić information content (AvgIpc) is 2.46. The van der Waals surface area contributed by atoms with E-state index in [1.807, 2.05) is 11.9 Å². The van der Waals surface area contributed by atoms with Gasteiger partial charge in [0.25, 0.3) is 5.91 Å². The van der Waals surface area contributed by atoms with Crippen molar-refractivity contribution in [2.75, 3.05) is 14.2 Å². The SMILES string of the molecule is COc1ccc(C(=O)N(C)C2CCCCC2C)cn1. The molecular weight excluding hydrogens is 240 g/mol. The summed E-state index contributed by atoms with van der Waals surface area (Å²) in [6.07, 6.45) is 6.40. The number of ether oxygens (including phenoxy) is 1. The van der Waals surface area contributed by atoms with Crippen LogP contribution in [0, 0.1) is 5.92 Å². The van der Waals surface area contributed by atoms with Crippen LogP contribution in [-0.4, -0.2) is 36.0 Å². The first kappa shape index (κ1) is 13.8. The highest BCUT2D eigenvalue weighted by Gasteiger charge is 2.28. The lowest BCUT2D eigenvalue weighted by atomic mass is 9.85. The average molecular weight is 262 g/mol. The number of rotatable bonds is 3. The number of methoxy groups -OCH3 is 1. The van der Waals surface area contributed by atoms with Crippen molar-refractivity contribution in [2.24, 2.45) is 5.92 Å². The number of pyridine rings is 1. The molecule has 0 aliphatic heterocycles. The Kier molecular flexibility index (Phi) is 4.40. The molecule has 1 aromatic heterocycles. The van der Waals surface area contributed by atoms with Gasteiger partial charge in [0.1, 0.15) is 0 Å². The molecule has 2 unspecified atom stereocenters. The fourth-order valence-corrected chi connectivity index (χ4v) is 2.85. The molecule has 0 saturated heterocycles. The monoisotopic (exact) mass is 262 g/mol. The van der Waals surface area contributed by atoms with Crippen LogP contribution in [0.1, 0.15) is 43.0 Å². The summed E-state index contributed by atoms with van der Waals surface area (Å²) in [6, 6.07) is 3.85. The van der Waals surface area contributed by atoms with Crippen LogP contribution < -0.4 is 4.74 Å². The maximum absolute atomic E-state index is 12.4. The highest BCUT2D eigenvalue weighted by molar-refractivity contribution is 5.94. The molecule has 2 rings (SSSR count). The van der Waals surface area contributed by atoms with Gasteiger partial charge in [0, 0.05) is 25.4 Å². The molecule has 1 aliphatic carbocycles. The zero-order chi connectivity index (χ0) is 13.8. The Bertz CT molecular complexity index is 430. The number of carbonyl (C=O) groups excluding carboxylic acids is 1. The minimum Gasteiger partial charge on any atom is -0.481 e. The van der Waals surface area contributed by atoms with E-state index in [1.165, 1.54) is 19.3 Å². The van der Waals surface area contributed by atoms with Gasteiger partial charge >= 0.3 is 0 Å². The Hall–Kier alpha value is -1.58. The van der Waals surface area contributed by atoms with Crippen LogP contribution in [0.2, 0.25) is 0 Å². The number of hydrogen-bond donors (Lipinski definition) is 0. The third-order valence-electron chi connectivity index (χ3n) is 4.08. The minimum atomic E-state index is 0.0499.